The molecule has 8 heteroatoms. The highest BCUT2D eigenvalue weighted by atomic mass is 127. The van der Waals surface area contributed by atoms with Gasteiger partial charge in [-0.1, -0.05) is 22.8 Å². The molecule has 1 saturated carbocycles. The van der Waals surface area contributed by atoms with E-state index < -0.39 is 0 Å². The van der Waals surface area contributed by atoms with Crippen LogP contribution in [0.3, 0.4) is 0 Å². The van der Waals surface area contributed by atoms with Crippen LogP contribution in [0.4, 0.5) is 4.39 Å². The molecule has 0 radical (unpaired) electrons. The fourth-order valence-electron chi connectivity index (χ4n) is 2.84. The molecule has 136 valence electrons. The van der Waals surface area contributed by atoms with Crippen LogP contribution in [0.2, 0.25) is 5.02 Å². The molecule has 25 heavy (non-hydrogen) atoms. The first kappa shape index (κ1) is 20.0. The smallest absolute Gasteiger partial charge is 0.191 e. The van der Waals surface area contributed by atoms with Gasteiger partial charge in [-0.3, -0.25) is 4.99 Å². The van der Waals surface area contributed by atoms with E-state index in [-0.39, 0.29) is 41.8 Å². The Morgan fingerprint density at radius 2 is 2.20 bits per heavy atom. The van der Waals surface area contributed by atoms with Crippen molar-refractivity contribution in [1.29, 1.82) is 0 Å². The van der Waals surface area contributed by atoms with Gasteiger partial charge in [-0.25, -0.2) is 4.39 Å². The number of benzene rings is 1. The third-order valence-corrected chi connectivity index (χ3v) is 4.65. The minimum absolute atomic E-state index is 0. The highest BCUT2D eigenvalue weighted by Gasteiger charge is 2.41. The molecule has 1 aliphatic rings. The summed E-state index contributed by atoms with van der Waals surface area (Å²) in [4.78, 5) is 4.22. The number of hydrogen-bond donors (Lipinski definition) is 2. The number of hydrogen-bond acceptors (Lipinski definition) is 3. The van der Waals surface area contributed by atoms with E-state index >= 15 is 0 Å². The van der Waals surface area contributed by atoms with Crippen molar-refractivity contribution in [2.75, 3.05) is 7.05 Å². The van der Waals surface area contributed by atoms with Crippen molar-refractivity contribution in [3.05, 3.63) is 51.6 Å². The molecule has 1 heterocycles. The zero-order chi connectivity index (χ0) is 17.3. The van der Waals surface area contributed by atoms with Crippen molar-refractivity contribution in [3.63, 3.8) is 0 Å². The van der Waals surface area contributed by atoms with Gasteiger partial charge in [0.1, 0.15) is 11.6 Å². The van der Waals surface area contributed by atoms with Crippen LogP contribution in [0, 0.1) is 19.7 Å². The van der Waals surface area contributed by atoms with Crippen LogP contribution in [0.15, 0.2) is 27.7 Å². The maximum atomic E-state index is 14.0. The Bertz CT molecular complexity index is 740. The Balaban J connectivity index is 0.00000225. The highest BCUT2D eigenvalue weighted by Crippen LogP contribution is 2.44. The molecule has 2 unspecified atom stereocenters. The van der Waals surface area contributed by atoms with Gasteiger partial charge in [0.15, 0.2) is 5.96 Å². The zero-order valence-electron chi connectivity index (χ0n) is 14.3. The first-order valence-electron chi connectivity index (χ1n) is 7.84. The van der Waals surface area contributed by atoms with E-state index in [0.29, 0.717) is 23.1 Å². The van der Waals surface area contributed by atoms with Crippen LogP contribution < -0.4 is 10.6 Å². The van der Waals surface area contributed by atoms with E-state index in [1.54, 1.807) is 19.2 Å². The molecule has 1 fully saturated rings. The quantitative estimate of drug-likeness (QED) is 0.397. The standard InChI is InChI=1S/C17H20ClFN4O.HI/c1-9-12(10(2)24-23-9)8-21-17(20-3)22-15-7-11(15)16-13(18)5-4-6-14(16)19;/h4-6,11,15H,7-8H2,1-3H3,(H2,20,21,22);1H. The van der Waals surface area contributed by atoms with Gasteiger partial charge in [0, 0.05) is 41.7 Å². The van der Waals surface area contributed by atoms with Crippen LogP contribution in [0.25, 0.3) is 0 Å². The summed E-state index contributed by atoms with van der Waals surface area (Å²) in [6.07, 6.45) is 0.826. The van der Waals surface area contributed by atoms with Crippen molar-refractivity contribution in [2.45, 2.75) is 38.8 Å². The van der Waals surface area contributed by atoms with E-state index in [0.717, 1.165) is 23.4 Å². The summed E-state index contributed by atoms with van der Waals surface area (Å²) in [5, 5.41) is 11.0. The molecule has 3 rings (SSSR count). The summed E-state index contributed by atoms with van der Waals surface area (Å²) in [5.41, 5.74) is 2.46. The van der Waals surface area contributed by atoms with Gasteiger partial charge in [0.25, 0.3) is 0 Å². The molecular formula is C17H21ClFIN4O. The fourth-order valence-corrected chi connectivity index (χ4v) is 3.14. The predicted octanol–water partition coefficient (Wildman–Crippen LogP) is 3.92. The molecule has 5 nitrogen and oxygen atoms in total. The van der Waals surface area contributed by atoms with Crippen molar-refractivity contribution < 1.29 is 8.91 Å². The third-order valence-electron chi connectivity index (χ3n) is 4.32. The Labute approximate surface area is 168 Å². The Hall–Kier alpha value is -1.35. The molecular weight excluding hydrogens is 458 g/mol. The minimum atomic E-state index is -0.254. The molecule has 1 aromatic carbocycles. The number of aliphatic imine (C=N–C) groups is 1. The van der Waals surface area contributed by atoms with Crippen molar-refractivity contribution >= 4 is 41.5 Å². The second kappa shape index (κ2) is 8.35. The lowest BCUT2D eigenvalue weighted by Crippen LogP contribution is -2.38. The lowest BCUT2D eigenvalue weighted by molar-refractivity contribution is 0.392. The normalized spacial score (nSPS) is 19.3. The number of aryl methyl sites for hydroxylation is 2. The molecule has 0 spiro atoms. The van der Waals surface area contributed by atoms with Gasteiger partial charge >= 0.3 is 0 Å². The maximum absolute atomic E-state index is 14.0. The van der Waals surface area contributed by atoms with E-state index in [1.165, 1.54) is 6.07 Å². The number of aromatic nitrogens is 1. The van der Waals surface area contributed by atoms with Gasteiger partial charge in [-0.2, -0.15) is 0 Å². The summed E-state index contributed by atoms with van der Waals surface area (Å²) in [6.45, 7) is 4.35. The van der Waals surface area contributed by atoms with Crippen LogP contribution in [-0.2, 0) is 6.54 Å². The summed E-state index contributed by atoms with van der Waals surface area (Å²) in [5.74, 6) is 1.26. The largest absolute Gasteiger partial charge is 0.361 e. The molecule has 2 N–H and O–H groups in total. The fraction of sp³-hybridized carbons (Fsp3) is 0.412. The van der Waals surface area contributed by atoms with Crippen LogP contribution in [0.5, 0.6) is 0 Å². The monoisotopic (exact) mass is 478 g/mol. The maximum Gasteiger partial charge on any atom is 0.191 e. The van der Waals surface area contributed by atoms with Crippen LogP contribution in [0.1, 0.15) is 34.9 Å². The van der Waals surface area contributed by atoms with E-state index in [2.05, 4.69) is 20.8 Å². The molecule has 1 aliphatic carbocycles. The van der Waals surface area contributed by atoms with E-state index in [1.807, 2.05) is 13.8 Å². The lowest BCUT2D eigenvalue weighted by atomic mass is 10.1. The van der Waals surface area contributed by atoms with Gasteiger partial charge in [0.05, 0.1) is 5.69 Å². The van der Waals surface area contributed by atoms with Crippen LogP contribution >= 0.6 is 35.6 Å². The van der Waals surface area contributed by atoms with Crippen molar-refractivity contribution in [3.8, 4) is 0 Å². The molecule has 0 amide bonds. The topological polar surface area (TPSA) is 62.5 Å². The van der Waals surface area contributed by atoms with Crippen molar-refractivity contribution in [2.24, 2.45) is 4.99 Å². The van der Waals surface area contributed by atoms with Crippen LogP contribution in [-0.4, -0.2) is 24.2 Å². The number of rotatable bonds is 4. The second-order valence-electron chi connectivity index (χ2n) is 5.96. The van der Waals surface area contributed by atoms with E-state index in [4.69, 9.17) is 16.1 Å². The average Bonchev–Trinajstić information content (AvgIpc) is 3.22. The molecule has 0 aliphatic heterocycles. The third kappa shape index (κ3) is 4.44. The molecule has 0 bridgehead atoms. The highest BCUT2D eigenvalue weighted by molar-refractivity contribution is 14.0. The summed E-state index contributed by atoms with van der Waals surface area (Å²) in [7, 11) is 1.70. The SMILES string of the molecule is CN=C(NCc1c(C)noc1C)NC1CC1c1c(F)cccc1Cl.I. The van der Waals surface area contributed by atoms with Gasteiger partial charge in [-0.15, -0.1) is 24.0 Å². The zero-order valence-corrected chi connectivity index (χ0v) is 17.4. The number of halogens is 3. The molecule has 2 atom stereocenters. The molecule has 1 aromatic heterocycles. The van der Waals surface area contributed by atoms with Gasteiger partial charge in [-0.05, 0) is 32.4 Å². The minimum Gasteiger partial charge on any atom is -0.361 e. The van der Waals surface area contributed by atoms with Gasteiger partial charge < -0.3 is 15.2 Å². The molecule has 2 aromatic rings. The number of nitrogens with one attached hydrogen (secondary N) is 2. The average molecular weight is 479 g/mol. The second-order valence-corrected chi connectivity index (χ2v) is 6.36. The summed E-state index contributed by atoms with van der Waals surface area (Å²) < 4.78 is 19.1. The number of nitrogens with zero attached hydrogens (tertiary/aromatic N) is 2. The first-order valence-corrected chi connectivity index (χ1v) is 8.22. The summed E-state index contributed by atoms with van der Waals surface area (Å²) >= 11 is 6.13. The predicted molar refractivity (Wildman–Crippen MR) is 107 cm³/mol. The Morgan fingerprint density at radius 3 is 2.80 bits per heavy atom. The van der Waals surface area contributed by atoms with Crippen molar-refractivity contribution in [1.82, 2.24) is 15.8 Å². The van der Waals surface area contributed by atoms with Gasteiger partial charge in [0.2, 0.25) is 0 Å². The Kier molecular flexibility index (Phi) is 6.67. The lowest BCUT2D eigenvalue weighted by Gasteiger charge is -2.12. The number of guanidine groups is 1. The summed E-state index contributed by atoms with van der Waals surface area (Å²) in [6, 6.07) is 4.91. The first-order chi connectivity index (χ1) is 11.5. The molecule has 0 saturated heterocycles. The Morgan fingerprint density at radius 1 is 1.44 bits per heavy atom. The van der Waals surface area contributed by atoms with E-state index in [9.17, 15) is 4.39 Å².